The second-order valence-corrected chi connectivity index (χ2v) is 6.96. The normalized spacial score (nSPS) is 11.5. The smallest absolute Gasteiger partial charge is 0.319 e. The van der Waals surface area contributed by atoms with E-state index < -0.39 is 0 Å². The van der Waals surface area contributed by atoms with Crippen LogP contribution >= 0.6 is 0 Å². The van der Waals surface area contributed by atoms with Crippen molar-refractivity contribution >= 4 is 17.5 Å². The van der Waals surface area contributed by atoms with E-state index in [0.29, 0.717) is 29.5 Å². The average molecular weight is 421 g/mol. The molecule has 0 saturated heterocycles. The predicted octanol–water partition coefficient (Wildman–Crippen LogP) is 4.64. The van der Waals surface area contributed by atoms with Crippen molar-refractivity contribution in [2.75, 3.05) is 24.3 Å². The van der Waals surface area contributed by atoms with Crippen LogP contribution in [0.3, 0.4) is 0 Å². The molecule has 0 fully saturated rings. The first kappa shape index (κ1) is 22.0. The number of hydrogen-bond donors (Lipinski definition) is 3. The Kier molecular flexibility index (Phi) is 7.75. The minimum absolute atomic E-state index is 0.0986. The summed E-state index contributed by atoms with van der Waals surface area (Å²) in [4.78, 5) is 25.2. The highest BCUT2D eigenvalue weighted by Crippen LogP contribution is 2.31. The van der Waals surface area contributed by atoms with Gasteiger partial charge >= 0.3 is 6.03 Å². The van der Waals surface area contributed by atoms with E-state index in [2.05, 4.69) is 38.9 Å². The van der Waals surface area contributed by atoms with Crippen LogP contribution in [0.5, 0.6) is 5.75 Å². The lowest BCUT2D eigenvalue weighted by Crippen LogP contribution is -2.28. The molecule has 2 aromatic heterocycles. The van der Waals surface area contributed by atoms with Gasteiger partial charge in [0.2, 0.25) is 0 Å². The van der Waals surface area contributed by atoms with Crippen LogP contribution in [0.1, 0.15) is 38.3 Å². The van der Waals surface area contributed by atoms with Crippen LogP contribution in [0, 0.1) is 0 Å². The van der Waals surface area contributed by atoms with Crippen LogP contribution in [0.15, 0.2) is 55.1 Å². The zero-order valence-electron chi connectivity index (χ0n) is 18.1. The highest BCUT2D eigenvalue weighted by atomic mass is 16.5. The number of nitrogens with one attached hydrogen (secondary N) is 3. The molecule has 1 atom stereocenters. The summed E-state index contributed by atoms with van der Waals surface area (Å²) in [5.41, 5.74) is 3.23. The maximum absolute atomic E-state index is 11.8. The minimum atomic E-state index is -0.281. The van der Waals surface area contributed by atoms with Crippen molar-refractivity contribution in [1.82, 2.24) is 20.3 Å². The lowest BCUT2D eigenvalue weighted by molar-refractivity contribution is 0.252. The predicted molar refractivity (Wildman–Crippen MR) is 122 cm³/mol. The molecule has 1 aromatic carbocycles. The zero-order valence-corrected chi connectivity index (χ0v) is 18.1. The highest BCUT2D eigenvalue weighted by molar-refractivity contribution is 5.91. The topological polar surface area (TPSA) is 101 Å². The largest absolute Gasteiger partial charge is 0.495 e. The van der Waals surface area contributed by atoms with E-state index in [1.54, 1.807) is 31.8 Å². The summed E-state index contributed by atoms with van der Waals surface area (Å²) in [5, 5.41) is 8.96. The van der Waals surface area contributed by atoms with E-state index in [1.165, 1.54) is 0 Å². The molecule has 3 N–H and O–H groups in total. The number of anilines is 2. The van der Waals surface area contributed by atoms with Gasteiger partial charge in [0.05, 0.1) is 36.9 Å². The van der Waals surface area contributed by atoms with Gasteiger partial charge < -0.3 is 20.7 Å². The van der Waals surface area contributed by atoms with E-state index in [1.807, 2.05) is 31.3 Å². The number of nitrogens with zero attached hydrogens (tertiary/aromatic N) is 3. The molecule has 3 aromatic rings. The number of ether oxygens (including phenoxy) is 1. The summed E-state index contributed by atoms with van der Waals surface area (Å²) in [7, 11) is 1.56. The molecule has 8 nitrogen and oxygen atoms in total. The first-order valence-corrected chi connectivity index (χ1v) is 10.4. The quantitative estimate of drug-likeness (QED) is 0.466. The number of methoxy groups -OCH3 is 1. The number of amides is 2. The average Bonchev–Trinajstić information content (AvgIpc) is 2.80. The van der Waals surface area contributed by atoms with E-state index in [4.69, 9.17) is 9.72 Å². The number of carbonyl (C=O) groups excluding carboxylic acids is 1. The number of pyridine rings is 1. The Labute approximate surface area is 182 Å². The Morgan fingerprint density at radius 2 is 2.00 bits per heavy atom. The lowest BCUT2D eigenvalue weighted by atomic mass is 10.0. The molecule has 0 unspecified atom stereocenters. The molecule has 162 valence electrons. The van der Waals surface area contributed by atoms with Crippen molar-refractivity contribution in [3.05, 3.63) is 60.7 Å². The molecular formula is C23H28N6O2. The van der Waals surface area contributed by atoms with Crippen molar-refractivity contribution in [2.45, 2.75) is 32.7 Å². The summed E-state index contributed by atoms with van der Waals surface area (Å²) in [6.07, 6.45) is 9.03. The molecule has 2 amide bonds. The number of aromatic nitrogens is 3. The van der Waals surface area contributed by atoms with Gasteiger partial charge in [0.25, 0.3) is 0 Å². The summed E-state index contributed by atoms with van der Waals surface area (Å²) < 4.78 is 5.46. The Morgan fingerprint density at radius 3 is 2.71 bits per heavy atom. The van der Waals surface area contributed by atoms with E-state index >= 15 is 0 Å². The molecule has 0 aliphatic rings. The van der Waals surface area contributed by atoms with E-state index in [9.17, 15) is 4.79 Å². The van der Waals surface area contributed by atoms with Gasteiger partial charge in [-0.1, -0.05) is 25.5 Å². The molecule has 0 saturated carbocycles. The van der Waals surface area contributed by atoms with Crippen LogP contribution in [0.25, 0.3) is 11.3 Å². The SMILES string of the molecule is CCC[C@@H](Nc1cncc(-c2ccc(NC(=O)NCC)c(OC)c2)n1)c1cccnc1. The van der Waals surface area contributed by atoms with Crippen LogP contribution in [-0.2, 0) is 0 Å². The molecule has 8 heteroatoms. The summed E-state index contributed by atoms with van der Waals surface area (Å²) in [5.74, 6) is 1.23. The van der Waals surface area contributed by atoms with Gasteiger partial charge in [-0.05, 0) is 37.1 Å². The standard InChI is InChI=1S/C23H28N6O2/c1-4-7-18(17-8-6-11-24-13-17)27-22-15-25-14-20(28-22)16-9-10-19(21(12-16)31-3)29-23(30)26-5-2/h6,8-15,18H,4-5,7H2,1-3H3,(H,27,28)(H2,26,29,30)/t18-/m1/s1. The van der Waals surface area contributed by atoms with Crippen molar-refractivity contribution in [3.8, 4) is 17.0 Å². The van der Waals surface area contributed by atoms with Crippen molar-refractivity contribution in [1.29, 1.82) is 0 Å². The Hall–Kier alpha value is -3.68. The van der Waals surface area contributed by atoms with Crippen molar-refractivity contribution in [3.63, 3.8) is 0 Å². The third kappa shape index (κ3) is 5.91. The summed E-state index contributed by atoms with van der Waals surface area (Å²) >= 11 is 0. The molecule has 0 spiro atoms. The molecule has 3 rings (SSSR count). The lowest BCUT2D eigenvalue weighted by Gasteiger charge is -2.19. The number of hydrogen-bond acceptors (Lipinski definition) is 6. The Morgan fingerprint density at radius 1 is 1.13 bits per heavy atom. The maximum atomic E-state index is 11.8. The van der Waals surface area contributed by atoms with Crippen LogP contribution in [0.2, 0.25) is 0 Å². The van der Waals surface area contributed by atoms with Crippen LogP contribution < -0.4 is 20.7 Å². The number of urea groups is 1. The number of benzene rings is 1. The first-order chi connectivity index (χ1) is 15.1. The molecule has 0 bridgehead atoms. The monoisotopic (exact) mass is 420 g/mol. The van der Waals surface area contributed by atoms with Crippen LogP contribution in [0.4, 0.5) is 16.3 Å². The highest BCUT2D eigenvalue weighted by Gasteiger charge is 2.13. The number of carbonyl (C=O) groups is 1. The summed E-state index contributed by atoms with van der Waals surface area (Å²) in [6, 6.07) is 9.31. The fraction of sp³-hybridized carbons (Fsp3) is 0.304. The minimum Gasteiger partial charge on any atom is -0.495 e. The van der Waals surface area contributed by atoms with Gasteiger partial charge in [-0.2, -0.15) is 0 Å². The van der Waals surface area contributed by atoms with Gasteiger partial charge in [0, 0.05) is 24.5 Å². The van der Waals surface area contributed by atoms with E-state index in [0.717, 1.165) is 24.0 Å². The van der Waals surface area contributed by atoms with Gasteiger partial charge in [0.15, 0.2) is 0 Å². The fourth-order valence-corrected chi connectivity index (χ4v) is 3.23. The van der Waals surface area contributed by atoms with Crippen molar-refractivity contribution in [2.24, 2.45) is 0 Å². The second kappa shape index (κ2) is 10.9. The van der Waals surface area contributed by atoms with Gasteiger partial charge in [-0.25, -0.2) is 9.78 Å². The van der Waals surface area contributed by atoms with Gasteiger partial charge in [0.1, 0.15) is 11.6 Å². The third-order valence-corrected chi connectivity index (χ3v) is 4.70. The molecule has 31 heavy (non-hydrogen) atoms. The fourth-order valence-electron chi connectivity index (χ4n) is 3.23. The molecule has 0 aliphatic heterocycles. The van der Waals surface area contributed by atoms with Crippen LogP contribution in [-0.4, -0.2) is 34.6 Å². The summed E-state index contributed by atoms with van der Waals surface area (Å²) in [6.45, 7) is 4.55. The van der Waals surface area contributed by atoms with Gasteiger partial charge in [-0.15, -0.1) is 0 Å². The molecule has 0 radical (unpaired) electrons. The molecular weight excluding hydrogens is 392 g/mol. The Balaban J connectivity index is 1.82. The zero-order chi connectivity index (χ0) is 22.1. The Bertz CT molecular complexity index is 996. The first-order valence-electron chi connectivity index (χ1n) is 10.4. The van der Waals surface area contributed by atoms with E-state index in [-0.39, 0.29) is 12.1 Å². The van der Waals surface area contributed by atoms with Gasteiger partial charge in [-0.3, -0.25) is 9.97 Å². The number of rotatable bonds is 9. The third-order valence-electron chi connectivity index (χ3n) is 4.70. The molecule has 2 heterocycles. The maximum Gasteiger partial charge on any atom is 0.319 e. The second-order valence-electron chi connectivity index (χ2n) is 6.96. The molecule has 0 aliphatic carbocycles. The van der Waals surface area contributed by atoms with Crippen molar-refractivity contribution < 1.29 is 9.53 Å².